The summed E-state index contributed by atoms with van der Waals surface area (Å²) in [6, 6.07) is 1.93. The Bertz CT molecular complexity index is 259. The Morgan fingerprint density at radius 3 is 2.64 bits per heavy atom. The van der Waals surface area contributed by atoms with Crippen molar-refractivity contribution in [2.24, 2.45) is 11.8 Å². The molecule has 0 fully saturated rings. The van der Waals surface area contributed by atoms with Crippen LogP contribution in [0.2, 0.25) is 0 Å². The van der Waals surface area contributed by atoms with Gasteiger partial charge in [-0.15, -0.1) is 24.4 Å². The number of nitriles is 1. The fraction of sp³-hybridized carbons (Fsp3) is 0.667. The summed E-state index contributed by atoms with van der Waals surface area (Å²) in [4.78, 5) is 10.9. The molecular formula is C9H13NOS3. The van der Waals surface area contributed by atoms with E-state index in [1.54, 1.807) is 11.8 Å². The number of nitrogens with zero attached hydrogens (tertiary/aromatic N) is 1. The van der Waals surface area contributed by atoms with Crippen LogP contribution in [-0.4, -0.2) is 15.1 Å². The smallest absolute Gasteiger partial charge is 0.203 e. The van der Waals surface area contributed by atoms with E-state index in [1.165, 1.54) is 0 Å². The van der Waals surface area contributed by atoms with E-state index >= 15 is 0 Å². The van der Waals surface area contributed by atoms with Crippen molar-refractivity contribution in [1.29, 1.82) is 5.26 Å². The molecule has 0 aliphatic carbocycles. The fourth-order valence-corrected chi connectivity index (χ4v) is 2.22. The van der Waals surface area contributed by atoms with Crippen LogP contribution >= 0.6 is 36.6 Å². The summed E-state index contributed by atoms with van der Waals surface area (Å²) in [5.74, 6) is 0.398. The van der Waals surface area contributed by atoms with Crippen LogP contribution in [0.1, 0.15) is 20.3 Å². The SMILES string of the molecule is CCSC(=S)C(C)CC(C#N)C(=O)S. The second-order valence-corrected chi connectivity index (χ2v) is 5.35. The minimum Gasteiger partial charge on any atom is -0.286 e. The van der Waals surface area contributed by atoms with Crippen LogP contribution in [0.5, 0.6) is 0 Å². The predicted molar refractivity (Wildman–Crippen MR) is 67.6 cm³/mol. The number of hydrogen-bond donors (Lipinski definition) is 1. The van der Waals surface area contributed by atoms with Crippen LogP contribution in [0.4, 0.5) is 0 Å². The van der Waals surface area contributed by atoms with E-state index in [0.717, 1.165) is 9.95 Å². The molecule has 2 atom stereocenters. The highest BCUT2D eigenvalue weighted by atomic mass is 32.2. The Balaban J connectivity index is 4.17. The van der Waals surface area contributed by atoms with E-state index in [-0.39, 0.29) is 11.0 Å². The van der Waals surface area contributed by atoms with Gasteiger partial charge >= 0.3 is 0 Å². The molecule has 0 aliphatic rings. The third kappa shape index (κ3) is 4.99. The van der Waals surface area contributed by atoms with Crippen LogP contribution < -0.4 is 0 Å². The maximum Gasteiger partial charge on any atom is 0.203 e. The first kappa shape index (κ1) is 13.9. The van der Waals surface area contributed by atoms with E-state index in [2.05, 4.69) is 12.6 Å². The van der Waals surface area contributed by atoms with E-state index in [4.69, 9.17) is 17.5 Å². The third-order valence-electron chi connectivity index (χ3n) is 1.73. The van der Waals surface area contributed by atoms with Gasteiger partial charge in [-0.25, -0.2) is 0 Å². The number of hydrogen-bond acceptors (Lipinski definition) is 4. The van der Waals surface area contributed by atoms with Crippen molar-refractivity contribution in [3.05, 3.63) is 0 Å². The Morgan fingerprint density at radius 1 is 1.71 bits per heavy atom. The van der Waals surface area contributed by atoms with Crippen molar-refractivity contribution in [2.75, 3.05) is 5.75 Å². The molecule has 0 amide bonds. The number of rotatable bonds is 5. The molecule has 0 radical (unpaired) electrons. The summed E-state index contributed by atoms with van der Waals surface area (Å²) in [6.45, 7) is 3.96. The molecule has 14 heavy (non-hydrogen) atoms. The molecule has 0 aromatic heterocycles. The first-order valence-electron chi connectivity index (χ1n) is 4.32. The first-order valence-corrected chi connectivity index (χ1v) is 6.16. The number of thiocarbonyl (C=S) groups is 1. The Hall–Kier alpha value is -0.0500. The quantitative estimate of drug-likeness (QED) is 0.599. The average Bonchev–Trinajstić information content (AvgIpc) is 2.13. The fourth-order valence-electron chi connectivity index (χ4n) is 0.943. The molecule has 0 rings (SSSR count). The molecule has 0 aliphatic heterocycles. The Labute approximate surface area is 99.8 Å². The summed E-state index contributed by atoms with van der Waals surface area (Å²) >= 11 is 10.4. The van der Waals surface area contributed by atoms with E-state index in [0.29, 0.717) is 6.42 Å². The maximum atomic E-state index is 10.9. The summed E-state index contributed by atoms with van der Waals surface area (Å²) in [6.07, 6.45) is 0.477. The van der Waals surface area contributed by atoms with Gasteiger partial charge in [-0.05, 0) is 18.1 Å². The molecule has 0 bridgehead atoms. The monoisotopic (exact) mass is 247 g/mol. The molecule has 0 N–H and O–H groups in total. The topological polar surface area (TPSA) is 40.9 Å². The lowest BCUT2D eigenvalue weighted by atomic mass is 9.99. The summed E-state index contributed by atoms with van der Waals surface area (Å²) in [5.41, 5.74) is 0. The van der Waals surface area contributed by atoms with Crippen molar-refractivity contribution in [3.8, 4) is 6.07 Å². The summed E-state index contributed by atoms with van der Waals surface area (Å²) in [7, 11) is 0. The third-order valence-corrected chi connectivity index (χ3v) is 3.78. The molecule has 0 saturated heterocycles. The number of carbonyl (C=O) groups excluding carboxylic acids is 1. The molecule has 5 heteroatoms. The predicted octanol–water partition coefficient (Wildman–Crippen LogP) is 2.69. The van der Waals surface area contributed by atoms with Gasteiger partial charge in [-0.3, -0.25) is 4.79 Å². The van der Waals surface area contributed by atoms with Crippen molar-refractivity contribution in [1.82, 2.24) is 0 Å². The molecular weight excluding hydrogens is 234 g/mol. The molecule has 0 spiro atoms. The zero-order valence-corrected chi connectivity index (χ0v) is 10.7. The number of thioether (sulfide) groups is 1. The highest BCUT2D eigenvalue weighted by Gasteiger charge is 2.20. The van der Waals surface area contributed by atoms with Crippen LogP contribution in [0.15, 0.2) is 0 Å². The molecule has 0 heterocycles. The van der Waals surface area contributed by atoms with Crippen molar-refractivity contribution in [3.63, 3.8) is 0 Å². The Kier molecular flexibility index (Phi) is 7.24. The molecule has 0 saturated carbocycles. The van der Waals surface area contributed by atoms with Gasteiger partial charge in [0.05, 0.1) is 10.3 Å². The first-order chi connectivity index (χ1) is 6.52. The summed E-state index contributed by atoms with van der Waals surface area (Å²) < 4.78 is 0.863. The molecule has 2 unspecified atom stereocenters. The second kappa shape index (κ2) is 7.27. The highest BCUT2D eigenvalue weighted by molar-refractivity contribution is 8.23. The molecule has 0 aromatic rings. The van der Waals surface area contributed by atoms with E-state index in [9.17, 15) is 4.79 Å². The van der Waals surface area contributed by atoms with Gasteiger partial charge < -0.3 is 0 Å². The molecule has 0 aromatic carbocycles. The van der Waals surface area contributed by atoms with Crippen molar-refractivity contribution < 1.29 is 4.79 Å². The van der Waals surface area contributed by atoms with Gasteiger partial charge in [0.25, 0.3) is 0 Å². The highest BCUT2D eigenvalue weighted by Crippen LogP contribution is 2.21. The van der Waals surface area contributed by atoms with Gasteiger partial charge in [-0.1, -0.05) is 26.1 Å². The Morgan fingerprint density at radius 2 is 2.29 bits per heavy atom. The lowest BCUT2D eigenvalue weighted by molar-refractivity contribution is -0.113. The van der Waals surface area contributed by atoms with E-state index in [1.807, 2.05) is 19.9 Å². The molecule has 78 valence electrons. The normalized spacial score (nSPS) is 14.1. The minimum absolute atomic E-state index is 0.107. The zero-order valence-electron chi connectivity index (χ0n) is 8.19. The van der Waals surface area contributed by atoms with Gasteiger partial charge in [0.2, 0.25) is 5.12 Å². The van der Waals surface area contributed by atoms with Crippen molar-refractivity contribution in [2.45, 2.75) is 20.3 Å². The van der Waals surface area contributed by atoms with Gasteiger partial charge in [0, 0.05) is 0 Å². The number of thiol groups is 1. The standard InChI is InChI=1S/C9H13NOS3/c1-3-14-9(13)6(2)4-7(5-10)8(11)12/h6-7H,3-4H2,1-2H3,(H,11,12). The zero-order chi connectivity index (χ0) is 11.1. The van der Waals surface area contributed by atoms with Crippen molar-refractivity contribution >= 4 is 45.9 Å². The average molecular weight is 247 g/mol. The van der Waals surface area contributed by atoms with Crippen LogP contribution in [-0.2, 0) is 4.79 Å². The van der Waals surface area contributed by atoms with Gasteiger partial charge in [-0.2, -0.15) is 5.26 Å². The summed E-state index contributed by atoms with van der Waals surface area (Å²) in [5, 5.41) is 8.32. The minimum atomic E-state index is -0.635. The lowest BCUT2D eigenvalue weighted by Gasteiger charge is -2.13. The lowest BCUT2D eigenvalue weighted by Crippen LogP contribution is -2.15. The van der Waals surface area contributed by atoms with Crippen LogP contribution in [0.3, 0.4) is 0 Å². The van der Waals surface area contributed by atoms with E-state index < -0.39 is 5.92 Å². The van der Waals surface area contributed by atoms with Crippen LogP contribution in [0.25, 0.3) is 0 Å². The van der Waals surface area contributed by atoms with Crippen LogP contribution in [0, 0.1) is 23.2 Å². The number of carbonyl (C=O) groups is 1. The van der Waals surface area contributed by atoms with Gasteiger partial charge in [0.1, 0.15) is 5.92 Å². The second-order valence-electron chi connectivity index (χ2n) is 2.91. The largest absolute Gasteiger partial charge is 0.286 e. The molecule has 2 nitrogen and oxygen atoms in total. The maximum absolute atomic E-state index is 10.9. The van der Waals surface area contributed by atoms with Gasteiger partial charge in [0.15, 0.2) is 0 Å².